The molecule has 0 aliphatic carbocycles. The summed E-state index contributed by atoms with van der Waals surface area (Å²) in [6.45, 7) is 4.20. The molecule has 10 heteroatoms. The Bertz CT molecular complexity index is 1730. The monoisotopic (exact) mass is 1110 g/mol. The van der Waals surface area contributed by atoms with Gasteiger partial charge in [0.05, 0.1) is 27.7 Å². The van der Waals surface area contributed by atoms with Crippen molar-refractivity contribution < 1.29 is 42.1 Å². The van der Waals surface area contributed by atoms with Crippen LogP contribution < -0.4 is 0 Å². The smallest absolute Gasteiger partial charge is 0.462 e. The van der Waals surface area contributed by atoms with E-state index in [9.17, 15) is 19.0 Å². The molecule has 0 aliphatic heterocycles. The largest absolute Gasteiger partial charge is 0.472 e. The van der Waals surface area contributed by atoms with Crippen LogP contribution in [0.1, 0.15) is 245 Å². The molecule has 0 saturated carbocycles. The number of likely N-dealkylation sites (N-methyl/N-ethyl adjacent to an activating group) is 1. The van der Waals surface area contributed by atoms with Crippen LogP contribution in [-0.2, 0) is 32.7 Å². The lowest BCUT2D eigenvalue weighted by Crippen LogP contribution is -2.37. The van der Waals surface area contributed by atoms with E-state index in [1.807, 2.05) is 21.1 Å². The van der Waals surface area contributed by atoms with Gasteiger partial charge in [0.15, 0.2) is 6.10 Å². The van der Waals surface area contributed by atoms with Gasteiger partial charge in [-0.3, -0.25) is 18.6 Å². The Hall–Kier alpha value is -3.59. The lowest BCUT2D eigenvalue weighted by atomic mass is 10.0. The molecule has 78 heavy (non-hydrogen) atoms. The van der Waals surface area contributed by atoms with Crippen LogP contribution in [0.2, 0.25) is 0 Å². The van der Waals surface area contributed by atoms with E-state index in [1.54, 1.807) is 0 Å². The normalized spacial score (nSPS) is 14.1. The minimum Gasteiger partial charge on any atom is -0.462 e. The van der Waals surface area contributed by atoms with Gasteiger partial charge in [-0.25, -0.2) is 4.57 Å². The van der Waals surface area contributed by atoms with E-state index in [2.05, 4.69) is 135 Å². The molecular weight excluding hydrogens is 990 g/mol. The highest BCUT2D eigenvalue weighted by atomic mass is 31.2. The van der Waals surface area contributed by atoms with Crippen molar-refractivity contribution in [3.63, 3.8) is 0 Å². The Morgan fingerprint density at radius 3 is 1.03 bits per heavy atom. The number of carbonyl (C=O) groups excluding carboxylic acids is 2. The molecule has 0 fully saturated rings. The predicted octanol–water partition coefficient (Wildman–Crippen LogP) is 19.9. The van der Waals surface area contributed by atoms with Crippen molar-refractivity contribution in [1.82, 2.24) is 0 Å². The van der Waals surface area contributed by atoms with E-state index in [1.165, 1.54) is 103 Å². The van der Waals surface area contributed by atoms with Gasteiger partial charge in [-0.2, -0.15) is 0 Å². The number of phosphoric ester groups is 1. The van der Waals surface area contributed by atoms with E-state index in [4.69, 9.17) is 18.5 Å². The predicted molar refractivity (Wildman–Crippen MR) is 334 cm³/mol. The minimum atomic E-state index is -4.40. The number of hydrogen-bond acceptors (Lipinski definition) is 7. The highest BCUT2D eigenvalue weighted by molar-refractivity contribution is 7.47. The summed E-state index contributed by atoms with van der Waals surface area (Å²) < 4.78 is 34.6. The van der Waals surface area contributed by atoms with Crippen LogP contribution in [-0.4, -0.2) is 74.9 Å². The molecule has 0 radical (unpaired) electrons. The number of carbonyl (C=O) groups is 2. The molecule has 0 saturated heterocycles. The van der Waals surface area contributed by atoms with Crippen molar-refractivity contribution in [1.29, 1.82) is 0 Å². The first kappa shape index (κ1) is 74.4. The number of rotatable bonds is 56. The van der Waals surface area contributed by atoms with Gasteiger partial charge >= 0.3 is 19.8 Å². The lowest BCUT2D eigenvalue weighted by molar-refractivity contribution is -0.870. The van der Waals surface area contributed by atoms with Gasteiger partial charge in [-0.1, -0.05) is 251 Å². The van der Waals surface area contributed by atoms with Gasteiger partial charge in [0.2, 0.25) is 0 Å². The summed E-state index contributed by atoms with van der Waals surface area (Å²) in [4.78, 5) is 35.8. The molecule has 0 spiro atoms. The van der Waals surface area contributed by atoms with E-state index in [0.29, 0.717) is 17.4 Å². The zero-order chi connectivity index (χ0) is 57.0. The van der Waals surface area contributed by atoms with E-state index in [0.717, 1.165) is 109 Å². The SMILES string of the molecule is CC/C=C\C/C=C\C/C=C\C/C=C\C/C=C\C/C=C\CCCCCCCCCCCCCCC(=O)OC(COC(=O)CCCCCCCCCCCC/C=C\C/C=C\C/C=C\C/C=C\CC)COP(=O)(O)OCC[N+](C)(C)C. The second-order valence-electron chi connectivity index (χ2n) is 21.7. The first-order valence-corrected chi connectivity index (χ1v) is 32.8. The Morgan fingerprint density at radius 1 is 0.397 bits per heavy atom. The van der Waals surface area contributed by atoms with Crippen LogP contribution in [0.5, 0.6) is 0 Å². The summed E-state index contributed by atoms with van der Waals surface area (Å²) in [5, 5.41) is 0. The fourth-order valence-corrected chi connectivity index (χ4v) is 8.99. The summed E-state index contributed by atoms with van der Waals surface area (Å²) >= 11 is 0. The van der Waals surface area contributed by atoms with Crippen LogP contribution in [0.25, 0.3) is 0 Å². The number of quaternary nitrogens is 1. The van der Waals surface area contributed by atoms with Gasteiger partial charge in [-0.05, 0) is 103 Å². The van der Waals surface area contributed by atoms with Gasteiger partial charge < -0.3 is 18.9 Å². The molecular formula is C68H117NO8P+. The third-order valence-corrected chi connectivity index (χ3v) is 14.0. The zero-order valence-electron chi connectivity index (χ0n) is 50.6. The van der Waals surface area contributed by atoms with Gasteiger partial charge in [0, 0.05) is 12.8 Å². The number of ether oxygens (including phenoxy) is 2. The standard InChI is InChI=1S/C68H116NO8P/c1-6-8-10-12-14-16-18-20-22-24-26-28-30-31-32-33-34-35-36-37-39-41-43-45-47-49-51-53-55-57-59-61-68(71)77-66(65-76-78(72,73)75-63-62-69(3,4)5)64-74-67(70)60-58-56-54-52-50-48-46-44-42-40-38-29-27-25-23-21-19-17-15-13-11-9-7-2/h8-11,14-17,20-23,26-29,31-32,34-35,66H,6-7,12-13,18-19,24-25,30,33,36-65H2,1-5H3/p+1/b10-8-,11-9-,16-14-,17-15-,22-20-,23-21-,28-26-,29-27-,32-31-,35-34-. The first-order valence-electron chi connectivity index (χ1n) is 31.3. The van der Waals surface area contributed by atoms with Crippen LogP contribution >= 0.6 is 7.82 Å². The van der Waals surface area contributed by atoms with E-state index < -0.39 is 26.5 Å². The Balaban J connectivity index is 4.15. The van der Waals surface area contributed by atoms with Crippen LogP contribution in [0.15, 0.2) is 122 Å². The van der Waals surface area contributed by atoms with Crippen LogP contribution in [0, 0.1) is 0 Å². The third-order valence-electron chi connectivity index (χ3n) is 13.0. The van der Waals surface area contributed by atoms with Gasteiger partial charge in [-0.15, -0.1) is 0 Å². The molecule has 0 aromatic carbocycles. The fraction of sp³-hybridized carbons (Fsp3) is 0.676. The molecule has 9 nitrogen and oxygen atoms in total. The third kappa shape index (κ3) is 61.6. The highest BCUT2D eigenvalue weighted by Crippen LogP contribution is 2.43. The molecule has 2 unspecified atom stereocenters. The minimum absolute atomic E-state index is 0.0251. The molecule has 0 aromatic rings. The summed E-state index contributed by atoms with van der Waals surface area (Å²) in [5.74, 6) is -0.807. The van der Waals surface area contributed by atoms with Crippen LogP contribution in [0.4, 0.5) is 0 Å². The van der Waals surface area contributed by atoms with Crippen molar-refractivity contribution >= 4 is 19.8 Å². The number of unbranched alkanes of at least 4 members (excludes halogenated alkanes) is 22. The summed E-state index contributed by atoms with van der Waals surface area (Å²) in [5.41, 5.74) is 0. The fourth-order valence-electron chi connectivity index (χ4n) is 8.25. The highest BCUT2D eigenvalue weighted by Gasteiger charge is 2.27. The molecule has 0 rings (SSSR count). The maximum absolute atomic E-state index is 12.9. The Kier molecular flexibility index (Phi) is 55.4. The zero-order valence-corrected chi connectivity index (χ0v) is 51.5. The number of esters is 2. The second kappa shape index (κ2) is 58.1. The number of hydrogen-bond donors (Lipinski definition) is 1. The molecule has 2 atom stereocenters. The molecule has 0 aromatic heterocycles. The Labute approximate surface area is 479 Å². The second-order valence-corrected chi connectivity index (χ2v) is 23.1. The Morgan fingerprint density at radius 2 is 0.692 bits per heavy atom. The van der Waals surface area contributed by atoms with Gasteiger partial charge in [0.25, 0.3) is 0 Å². The maximum atomic E-state index is 12.9. The first-order chi connectivity index (χ1) is 38.0. The van der Waals surface area contributed by atoms with Crippen molar-refractivity contribution in [3.05, 3.63) is 122 Å². The average molecular weight is 1110 g/mol. The molecule has 446 valence electrons. The lowest BCUT2D eigenvalue weighted by Gasteiger charge is -2.24. The molecule has 1 N–H and O–H groups in total. The van der Waals surface area contributed by atoms with Crippen molar-refractivity contribution in [2.75, 3.05) is 47.5 Å². The number of nitrogens with zero attached hydrogens (tertiary/aromatic N) is 1. The van der Waals surface area contributed by atoms with Crippen molar-refractivity contribution in [3.8, 4) is 0 Å². The molecule has 0 amide bonds. The molecule has 0 aliphatic rings. The summed E-state index contributed by atoms with van der Waals surface area (Å²) in [6.07, 6.45) is 82.7. The molecule has 0 bridgehead atoms. The average Bonchev–Trinajstić information content (AvgIpc) is 3.40. The van der Waals surface area contributed by atoms with Crippen molar-refractivity contribution in [2.45, 2.75) is 251 Å². The van der Waals surface area contributed by atoms with Crippen LogP contribution in [0.3, 0.4) is 0 Å². The van der Waals surface area contributed by atoms with E-state index >= 15 is 0 Å². The topological polar surface area (TPSA) is 108 Å². The number of phosphoric acid groups is 1. The maximum Gasteiger partial charge on any atom is 0.472 e. The quantitative estimate of drug-likeness (QED) is 0.0211. The summed E-state index contributed by atoms with van der Waals surface area (Å²) in [7, 11) is 1.46. The van der Waals surface area contributed by atoms with E-state index in [-0.39, 0.29) is 32.0 Å². The van der Waals surface area contributed by atoms with Crippen molar-refractivity contribution in [2.24, 2.45) is 0 Å². The number of allylic oxidation sites excluding steroid dienone is 20. The van der Waals surface area contributed by atoms with Gasteiger partial charge in [0.1, 0.15) is 19.8 Å². The summed E-state index contributed by atoms with van der Waals surface area (Å²) in [6, 6.07) is 0. The molecule has 0 heterocycles.